The maximum Gasteiger partial charge on any atom is 0.312 e. The molecule has 4 aliphatic carbocycles. The lowest BCUT2D eigenvalue weighted by molar-refractivity contribution is -0.167. The van der Waals surface area contributed by atoms with E-state index in [1.54, 1.807) is 13.0 Å². The molecule has 12 nitrogen and oxygen atoms in total. The summed E-state index contributed by atoms with van der Waals surface area (Å²) in [5.74, 6) is 0.663. The molecule has 6 aliphatic rings. The highest BCUT2D eigenvalue weighted by atomic mass is 35.5. The summed E-state index contributed by atoms with van der Waals surface area (Å²) in [4.78, 5) is 68.3. The Bertz CT molecular complexity index is 2700. The zero-order valence-electron chi connectivity index (χ0n) is 40.8. The predicted octanol–water partition coefficient (Wildman–Crippen LogP) is 10.1. The number of Topliss-reactive ketones (excluding diaryl/α,β-unsaturated/α-hetero) is 2. The Balaban J connectivity index is 0.764. The van der Waals surface area contributed by atoms with Crippen LogP contribution >= 0.6 is 23.2 Å². The van der Waals surface area contributed by atoms with Gasteiger partial charge in [0.1, 0.15) is 11.4 Å². The molecule has 2 aromatic carbocycles. The molecule has 2 aromatic heterocycles. The van der Waals surface area contributed by atoms with E-state index in [1.807, 2.05) is 74.3 Å². The fraction of sp³-hybridized carbons (Fsp3) is 0.593. The number of anilines is 1. The zero-order valence-corrected chi connectivity index (χ0v) is 42.3. The van der Waals surface area contributed by atoms with E-state index in [1.165, 1.54) is 0 Å². The molecule has 2 aliphatic heterocycles. The average Bonchev–Trinajstić information content (AvgIpc) is 4.17. The molecule has 362 valence electrons. The van der Waals surface area contributed by atoms with Crippen molar-refractivity contribution in [3.05, 3.63) is 86.4 Å². The summed E-state index contributed by atoms with van der Waals surface area (Å²) in [6, 6.07) is 11.1. The van der Waals surface area contributed by atoms with E-state index in [2.05, 4.69) is 15.1 Å². The zero-order chi connectivity index (χ0) is 48.0. The lowest BCUT2D eigenvalue weighted by atomic mass is 9.79. The van der Waals surface area contributed by atoms with Gasteiger partial charge in [-0.3, -0.25) is 29.0 Å². The topological polar surface area (TPSA) is 132 Å². The number of halogens is 2. The molecule has 0 unspecified atom stereocenters. The second-order valence-electron chi connectivity index (χ2n) is 22.8. The van der Waals surface area contributed by atoms with Gasteiger partial charge in [0.15, 0.2) is 11.6 Å². The summed E-state index contributed by atoms with van der Waals surface area (Å²) in [5.41, 5.74) is 6.07. The number of amides is 1. The number of esters is 1. The van der Waals surface area contributed by atoms with Gasteiger partial charge in [-0.1, -0.05) is 53.5 Å². The normalized spacial score (nSPS) is 26.5. The van der Waals surface area contributed by atoms with Gasteiger partial charge >= 0.3 is 5.97 Å². The third-order valence-electron chi connectivity index (χ3n) is 17.5. The molecule has 0 radical (unpaired) electrons. The number of imidazole rings is 2. The number of hydrogen-bond donors (Lipinski definition) is 1. The summed E-state index contributed by atoms with van der Waals surface area (Å²) in [6.07, 6.45) is 14.2. The Morgan fingerprint density at radius 1 is 0.706 bits per heavy atom. The molecular formula is C54H67Cl2N7O5. The lowest BCUT2D eigenvalue weighted by Gasteiger charge is -2.32. The van der Waals surface area contributed by atoms with Gasteiger partial charge in [0.25, 0.3) is 5.91 Å². The van der Waals surface area contributed by atoms with E-state index in [-0.39, 0.29) is 45.7 Å². The second kappa shape index (κ2) is 17.5. The van der Waals surface area contributed by atoms with Gasteiger partial charge < -0.3 is 19.2 Å². The van der Waals surface area contributed by atoms with Crippen LogP contribution in [0.3, 0.4) is 0 Å². The number of hydrogen-bond acceptors (Lipinski definition) is 9. The lowest BCUT2D eigenvalue weighted by Crippen LogP contribution is -2.35. The first-order chi connectivity index (χ1) is 32.3. The first-order valence-electron chi connectivity index (χ1n) is 25.0. The van der Waals surface area contributed by atoms with E-state index in [0.717, 1.165) is 139 Å². The number of fused-ring (bicyclic) bond motifs is 6. The summed E-state index contributed by atoms with van der Waals surface area (Å²) < 4.78 is 9.74. The number of nitrogens with zero attached hydrogens (tertiary/aromatic N) is 6. The van der Waals surface area contributed by atoms with Gasteiger partial charge in [-0.05, 0) is 140 Å². The van der Waals surface area contributed by atoms with E-state index in [0.29, 0.717) is 62.9 Å². The van der Waals surface area contributed by atoms with E-state index >= 15 is 0 Å². The molecule has 10 rings (SSSR count). The molecule has 4 heterocycles. The van der Waals surface area contributed by atoms with Crippen LogP contribution in [0.2, 0.25) is 10.0 Å². The number of nitrogens with one attached hydrogen (secondary N) is 1. The fourth-order valence-corrected chi connectivity index (χ4v) is 14.0. The molecule has 4 fully saturated rings. The summed E-state index contributed by atoms with van der Waals surface area (Å²) in [6.45, 7) is 12.7. The minimum absolute atomic E-state index is 0.0143. The Morgan fingerprint density at radius 2 is 1.22 bits per heavy atom. The van der Waals surface area contributed by atoms with Gasteiger partial charge in [-0.25, -0.2) is 9.97 Å². The highest BCUT2D eigenvalue weighted by molar-refractivity contribution is 6.39. The Labute approximate surface area is 410 Å². The number of carbonyl (C=O) groups excluding carboxylic acids is 4. The van der Waals surface area contributed by atoms with Crippen molar-refractivity contribution in [3.8, 4) is 11.1 Å². The number of carbonyl (C=O) groups is 4. The minimum atomic E-state index is -0.473. The smallest absolute Gasteiger partial charge is 0.312 e. The summed E-state index contributed by atoms with van der Waals surface area (Å²) in [5, 5.41) is 3.79. The first-order valence-corrected chi connectivity index (χ1v) is 25.7. The van der Waals surface area contributed by atoms with E-state index in [9.17, 15) is 19.2 Å². The highest BCUT2D eigenvalue weighted by Crippen LogP contribution is 2.64. The van der Waals surface area contributed by atoms with Crippen molar-refractivity contribution in [1.82, 2.24) is 28.9 Å². The first kappa shape index (κ1) is 47.3. The molecule has 4 saturated carbocycles. The number of rotatable bonds is 14. The highest BCUT2D eigenvalue weighted by Gasteiger charge is 2.59. The third kappa shape index (κ3) is 8.57. The van der Waals surface area contributed by atoms with Crippen LogP contribution in [0.15, 0.2) is 36.4 Å². The van der Waals surface area contributed by atoms with Crippen LogP contribution in [0, 0.1) is 21.7 Å². The van der Waals surface area contributed by atoms with Crippen LogP contribution in [-0.4, -0.2) is 84.1 Å². The maximum atomic E-state index is 14.0. The van der Waals surface area contributed by atoms with Crippen LogP contribution in [0.1, 0.15) is 154 Å². The quantitative estimate of drug-likeness (QED) is 0.0969. The third-order valence-corrected chi connectivity index (χ3v) is 18.4. The number of ketones is 2. The SMILES string of the molecule is CC(=O)C12CCC(CCN3CCc4c(nc(C(=O)Nc5cccc(-c6cccc(CC(=O)c7nc8c(n7C)CCN(CCC79CCC(C(=O)OC(C)(C)C)(CC7)C9)C8)c6Cl)c5Cl)n4C)C3)(CC1)C2. The van der Waals surface area contributed by atoms with Gasteiger partial charge in [0.05, 0.1) is 32.5 Å². The maximum absolute atomic E-state index is 14.0. The molecule has 0 spiro atoms. The van der Waals surface area contributed by atoms with Crippen LogP contribution < -0.4 is 5.32 Å². The Hall–Kier alpha value is -4.36. The standard InChI is InChI=1S/C54H67Cl2N7O5/c1-34(64)53-19-15-51(32-53,16-20-53)23-27-63-26-14-42-40(31-63)58-47(61(42)6)48(66)59-38-12-8-11-37(45(38)56)36-10-7-9-35(44(36)55)29-43(65)46-57-39-30-62(25-13-41(39)60(46)5)28-24-52-17-21-54(33-52,22-18-52)49(67)68-50(2,3)4/h7-12H,13-33H2,1-6H3,(H,59,66). The predicted molar refractivity (Wildman–Crippen MR) is 264 cm³/mol. The van der Waals surface area contributed by atoms with Crippen molar-refractivity contribution >= 4 is 52.3 Å². The van der Waals surface area contributed by atoms with Gasteiger partial charge in [0, 0.05) is 87.5 Å². The second-order valence-corrected chi connectivity index (χ2v) is 23.6. The van der Waals surface area contributed by atoms with Gasteiger partial charge in [-0.2, -0.15) is 0 Å². The van der Waals surface area contributed by atoms with Crippen molar-refractivity contribution < 1.29 is 23.9 Å². The summed E-state index contributed by atoms with van der Waals surface area (Å²) >= 11 is 14.2. The van der Waals surface area contributed by atoms with E-state index < -0.39 is 5.60 Å². The molecule has 1 amide bonds. The van der Waals surface area contributed by atoms with Crippen molar-refractivity contribution in [2.24, 2.45) is 35.8 Å². The fourth-order valence-electron chi connectivity index (χ4n) is 13.5. The minimum Gasteiger partial charge on any atom is -0.460 e. The average molecular weight is 965 g/mol. The summed E-state index contributed by atoms with van der Waals surface area (Å²) in [7, 11) is 3.83. The largest absolute Gasteiger partial charge is 0.460 e. The number of ether oxygens (including phenoxy) is 1. The molecular weight excluding hydrogens is 898 g/mol. The van der Waals surface area contributed by atoms with Crippen molar-refractivity contribution in [3.63, 3.8) is 0 Å². The van der Waals surface area contributed by atoms with Crippen molar-refractivity contribution in [2.45, 2.75) is 143 Å². The Kier molecular flexibility index (Phi) is 12.2. The molecule has 4 aromatic rings. The van der Waals surface area contributed by atoms with Gasteiger partial charge in [-0.15, -0.1) is 0 Å². The van der Waals surface area contributed by atoms with Gasteiger partial charge in [0.2, 0.25) is 5.78 Å². The van der Waals surface area contributed by atoms with Crippen molar-refractivity contribution in [1.29, 1.82) is 0 Å². The number of benzene rings is 2. The molecule has 0 atom stereocenters. The van der Waals surface area contributed by atoms with Crippen LogP contribution in [0.5, 0.6) is 0 Å². The van der Waals surface area contributed by atoms with Crippen LogP contribution in [0.4, 0.5) is 5.69 Å². The molecule has 68 heavy (non-hydrogen) atoms. The Morgan fingerprint density at radius 3 is 1.78 bits per heavy atom. The number of aromatic nitrogens is 4. The van der Waals surface area contributed by atoms with E-state index in [4.69, 9.17) is 37.9 Å². The van der Waals surface area contributed by atoms with Crippen LogP contribution in [0.25, 0.3) is 11.1 Å². The molecule has 14 heteroatoms. The van der Waals surface area contributed by atoms with Crippen molar-refractivity contribution in [2.75, 3.05) is 31.5 Å². The monoisotopic (exact) mass is 963 g/mol. The molecule has 4 bridgehead atoms. The molecule has 1 N–H and O–H groups in total. The van der Waals surface area contributed by atoms with Crippen LogP contribution in [-0.2, 0) is 60.8 Å². The molecule has 0 saturated heterocycles.